The van der Waals surface area contributed by atoms with Crippen LogP contribution in [0.15, 0.2) is 24.0 Å². The lowest BCUT2D eigenvalue weighted by molar-refractivity contribution is -0.104. The van der Waals surface area contributed by atoms with Gasteiger partial charge in [0.1, 0.15) is 0 Å². The van der Waals surface area contributed by atoms with Gasteiger partial charge in [-0.2, -0.15) is 5.10 Å². The van der Waals surface area contributed by atoms with Crippen LogP contribution >= 0.6 is 0 Å². The summed E-state index contributed by atoms with van der Waals surface area (Å²) in [6, 6.07) is 0. The molecular formula is C26H40N2O2. The topological polar surface area (TPSA) is 69.1 Å². The Balaban J connectivity index is 1.36. The molecule has 0 bridgehead atoms. The highest BCUT2D eigenvalue weighted by atomic mass is 16.3. The van der Waals surface area contributed by atoms with Crippen molar-refractivity contribution in [1.82, 2.24) is 10.2 Å². The Hall–Kier alpha value is -1.13. The van der Waals surface area contributed by atoms with Gasteiger partial charge in [0.25, 0.3) is 0 Å². The fraction of sp³-hybridized carbons (Fsp3) is 0.808. The highest BCUT2D eigenvalue weighted by molar-refractivity contribution is 5.25. The molecule has 8 atom stereocenters. The van der Waals surface area contributed by atoms with Gasteiger partial charge >= 0.3 is 0 Å². The quantitative estimate of drug-likeness (QED) is 0.607. The van der Waals surface area contributed by atoms with Gasteiger partial charge in [0.05, 0.1) is 17.9 Å². The number of H-pyrrole nitrogens is 1. The second-order valence-electron chi connectivity index (χ2n) is 11.8. The van der Waals surface area contributed by atoms with Crippen molar-refractivity contribution in [2.45, 2.75) is 96.7 Å². The molecule has 3 fully saturated rings. The predicted octanol–water partition coefficient (Wildman–Crippen LogP) is 5.03. The van der Waals surface area contributed by atoms with E-state index in [1.807, 2.05) is 12.4 Å². The summed E-state index contributed by atoms with van der Waals surface area (Å²) in [5, 5.41) is 28.8. The molecule has 4 nitrogen and oxygen atoms in total. The molecule has 3 saturated carbocycles. The number of nitrogens with zero attached hydrogens (tertiary/aromatic N) is 1. The number of aliphatic hydroxyl groups is 2. The molecule has 1 heterocycles. The van der Waals surface area contributed by atoms with Gasteiger partial charge in [-0.15, -0.1) is 0 Å². The monoisotopic (exact) mass is 412 g/mol. The maximum Gasteiger partial charge on any atom is 0.0656 e. The van der Waals surface area contributed by atoms with Gasteiger partial charge in [-0.05, 0) is 111 Å². The molecule has 3 N–H and O–H groups in total. The van der Waals surface area contributed by atoms with Crippen molar-refractivity contribution in [2.75, 3.05) is 0 Å². The van der Waals surface area contributed by atoms with E-state index < -0.39 is 5.60 Å². The number of rotatable bonds is 4. The van der Waals surface area contributed by atoms with Gasteiger partial charge in [-0.1, -0.05) is 25.5 Å². The largest absolute Gasteiger partial charge is 0.393 e. The van der Waals surface area contributed by atoms with Gasteiger partial charge in [0.2, 0.25) is 0 Å². The Kier molecular flexibility index (Phi) is 4.98. The molecule has 0 spiro atoms. The summed E-state index contributed by atoms with van der Waals surface area (Å²) in [6.07, 6.45) is 17.1. The van der Waals surface area contributed by atoms with E-state index in [0.29, 0.717) is 11.3 Å². The number of allylic oxidation sites excluding steroid dienone is 1. The third kappa shape index (κ3) is 3.12. The lowest BCUT2D eigenvalue weighted by atomic mass is 9.46. The first-order chi connectivity index (χ1) is 14.2. The third-order valence-corrected chi connectivity index (χ3v) is 10.3. The molecule has 0 amide bonds. The Morgan fingerprint density at radius 2 is 2.00 bits per heavy atom. The molecule has 0 aliphatic heterocycles. The van der Waals surface area contributed by atoms with E-state index in [1.54, 1.807) is 5.57 Å². The Morgan fingerprint density at radius 3 is 2.77 bits per heavy atom. The molecule has 0 aromatic carbocycles. The number of nitrogens with one attached hydrogen (secondary N) is 1. The summed E-state index contributed by atoms with van der Waals surface area (Å²) in [5.74, 6) is 2.62. The number of aromatic nitrogens is 2. The number of aromatic amines is 1. The van der Waals surface area contributed by atoms with E-state index in [1.165, 1.54) is 31.2 Å². The second kappa shape index (κ2) is 7.20. The van der Waals surface area contributed by atoms with Gasteiger partial charge in [-0.25, -0.2) is 0 Å². The fourth-order valence-corrected chi connectivity index (χ4v) is 8.65. The van der Waals surface area contributed by atoms with Crippen LogP contribution in [0.5, 0.6) is 0 Å². The maximum absolute atomic E-state index is 11.6. The average molecular weight is 413 g/mol. The average Bonchev–Trinajstić information content (AvgIpc) is 3.34. The zero-order valence-electron chi connectivity index (χ0n) is 19.0. The molecular weight excluding hydrogens is 372 g/mol. The standard InChI is InChI=1S/C26H40N2O2/c1-24-11-9-19(29)14-18(24)4-5-20-21-6-7-23(25(21,2)12-10-22(20)24)26(3,30)13-8-17-15-27-28-16-17/h4,15-16,19-23,29-30H,5-14H2,1-3H3,(H,27,28)/t19-,20-,21-,22-,23-,24-,25-,26+/m0/s1. The lowest BCUT2D eigenvalue weighted by Gasteiger charge is -2.59. The fourth-order valence-electron chi connectivity index (χ4n) is 8.65. The van der Waals surface area contributed by atoms with Crippen LogP contribution in [0.1, 0.15) is 84.1 Å². The summed E-state index contributed by atoms with van der Waals surface area (Å²) in [4.78, 5) is 0. The number of fused-ring (bicyclic) bond motifs is 5. The van der Waals surface area contributed by atoms with Gasteiger partial charge in [0.15, 0.2) is 0 Å². The number of hydrogen-bond acceptors (Lipinski definition) is 3. The van der Waals surface area contributed by atoms with E-state index in [2.05, 4.69) is 37.0 Å². The Labute approximate surface area is 181 Å². The Morgan fingerprint density at radius 1 is 1.17 bits per heavy atom. The highest BCUT2D eigenvalue weighted by Gasteiger charge is 2.61. The molecule has 166 valence electrons. The molecule has 4 aliphatic carbocycles. The first kappa shape index (κ1) is 20.8. The molecule has 0 unspecified atom stereocenters. The molecule has 1 aromatic heterocycles. The van der Waals surface area contributed by atoms with Crippen LogP contribution in [0.2, 0.25) is 0 Å². The highest BCUT2D eigenvalue weighted by Crippen LogP contribution is 2.67. The molecule has 4 aliphatic rings. The van der Waals surface area contributed by atoms with Crippen LogP contribution in [0.3, 0.4) is 0 Å². The van der Waals surface area contributed by atoms with E-state index in [4.69, 9.17) is 0 Å². The van der Waals surface area contributed by atoms with E-state index in [-0.39, 0.29) is 11.5 Å². The second-order valence-corrected chi connectivity index (χ2v) is 11.8. The van der Waals surface area contributed by atoms with Crippen molar-refractivity contribution in [3.63, 3.8) is 0 Å². The summed E-state index contributed by atoms with van der Waals surface area (Å²) in [5.41, 5.74) is 2.66. The van der Waals surface area contributed by atoms with Crippen LogP contribution < -0.4 is 0 Å². The first-order valence-electron chi connectivity index (χ1n) is 12.3. The number of aryl methyl sites for hydroxylation is 1. The van der Waals surface area contributed by atoms with Crippen LogP contribution in [-0.4, -0.2) is 32.1 Å². The van der Waals surface area contributed by atoms with E-state index >= 15 is 0 Å². The number of hydrogen-bond donors (Lipinski definition) is 3. The van der Waals surface area contributed by atoms with Crippen LogP contribution in [-0.2, 0) is 6.42 Å². The molecule has 0 saturated heterocycles. The number of aliphatic hydroxyl groups excluding tert-OH is 1. The zero-order chi connectivity index (χ0) is 21.1. The minimum absolute atomic E-state index is 0.129. The molecule has 1 aromatic rings. The summed E-state index contributed by atoms with van der Waals surface area (Å²) < 4.78 is 0. The summed E-state index contributed by atoms with van der Waals surface area (Å²) in [7, 11) is 0. The van der Waals surface area contributed by atoms with E-state index in [9.17, 15) is 10.2 Å². The maximum atomic E-state index is 11.6. The van der Waals surface area contributed by atoms with E-state index in [0.717, 1.165) is 56.3 Å². The predicted molar refractivity (Wildman–Crippen MR) is 119 cm³/mol. The van der Waals surface area contributed by atoms with Gasteiger partial charge in [-0.3, -0.25) is 5.10 Å². The normalized spacial score (nSPS) is 45.1. The lowest BCUT2D eigenvalue weighted by Crippen LogP contribution is -2.53. The van der Waals surface area contributed by atoms with Crippen molar-refractivity contribution in [3.05, 3.63) is 29.6 Å². The first-order valence-corrected chi connectivity index (χ1v) is 12.3. The smallest absolute Gasteiger partial charge is 0.0656 e. The van der Waals surface area contributed by atoms with Crippen molar-refractivity contribution in [3.8, 4) is 0 Å². The van der Waals surface area contributed by atoms with Crippen molar-refractivity contribution in [1.29, 1.82) is 0 Å². The van der Waals surface area contributed by atoms with Crippen LogP contribution in [0.4, 0.5) is 0 Å². The van der Waals surface area contributed by atoms with Crippen molar-refractivity contribution in [2.24, 2.45) is 34.5 Å². The third-order valence-electron chi connectivity index (χ3n) is 10.3. The van der Waals surface area contributed by atoms with Crippen molar-refractivity contribution < 1.29 is 10.2 Å². The zero-order valence-corrected chi connectivity index (χ0v) is 19.0. The minimum atomic E-state index is -0.623. The Bertz CT molecular complexity index is 800. The van der Waals surface area contributed by atoms with Gasteiger partial charge in [0, 0.05) is 6.20 Å². The minimum Gasteiger partial charge on any atom is -0.393 e. The SMILES string of the molecule is C[C@]12CC[C@H]3[C@@H](CC=C4C[C@@H](O)CC[C@@]43C)[C@@H]1CC[C@@H]2[C@](C)(O)CCc1cn[nH]c1. The molecule has 5 rings (SSSR count). The molecule has 4 heteroatoms. The van der Waals surface area contributed by atoms with Crippen molar-refractivity contribution >= 4 is 0 Å². The van der Waals surface area contributed by atoms with Crippen LogP contribution in [0, 0.1) is 34.5 Å². The summed E-state index contributed by atoms with van der Waals surface area (Å²) >= 11 is 0. The summed E-state index contributed by atoms with van der Waals surface area (Å²) in [6.45, 7) is 7.10. The van der Waals surface area contributed by atoms with Crippen LogP contribution in [0.25, 0.3) is 0 Å². The molecule has 0 radical (unpaired) electrons. The molecule has 30 heavy (non-hydrogen) atoms. The van der Waals surface area contributed by atoms with Gasteiger partial charge < -0.3 is 10.2 Å².